The molecule has 1 heterocycles. The molecular weight excluding hydrogens is 250 g/mol. The minimum absolute atomic E-state index is 0.273. The van der Waals surface area contributed by atoms with E-state index in [1.54, 1.807) is 7.11 Å². The summed E-state index contributed by atoms with van der Waals surface area (Å²) in [7, 11) is 1.67. The lowest BCUT2D eigenvalue weighted by atomic mass is 10.1. The normalized spacial score (nSPS) is 19.3. The lowest BCUT2D eigenvalue weighted by molar-refractivity contribution is 0.263. The highest BCUT2D eigenvalue weighted by Crippen LogP contribution is 2.36. The van der Waals surface area contributed by atoms with Gasteiger partial charge in [-0.2, -0.15) is 0 Å². The first-order valence-corrected chi connectivity index (χ1v) is 6.73. The molecule has 0 aromatic heterocycles. The summed E-state index contributed by atoms with van der Waals surface area (Å²) >= 11 is 6.12. The first kappa shape index (κ1) is 13.5. The number of aliphatic hydroxyl groups excluding tert-OH is 1. The van der Waals surface area contributed by atoms with E-state index in [1.807, 2.05) is 13.0 Å². The molecule has 0 spiro atoms. The lowest BCUT2D eigenvalue weighted by Gasteiger charge is -2.22. The highest BCUT2D eigenvalue weighted by atomic mass is 35.5. The van der Waals surface area contributed by atoms with E-state index < -0.39 is 0 Å². The Kier molecular flexibility index (Phi) is 4.36. The molecule has 1 unspecified atom stereocenters. The Morgan fingerprint density at radius 3 is 2.94 bits per heavy atom. The van der Waals surface area contributed by atoms with Crippen LogP contribution in [0.2, 0.25) is 5.02 Å². The third-order valence-corrected chi connectivity index (χ3v) is 4.03. The molecule has 0 saturated carbocycles. The van der Waals surface area contributed by atoms with Crippen LogP contribution < -0.4 is 9.64 Å². The largest absolute Gasteiger partial charge is 0.495 e. The summed E-state index contributed by atoms with van der Waals surface area (Å²) in [6, 6.07) is 3.97. The number of methoxy groups -OCH3 is 1. The van der Waals surface area contributed by atoms with Crippen LogP contribution in [0.3, 0.4) is 0 Å². The third kappa shape index (κ3) is 2.73. The minimum Gasteiger partial charge on any atom is -0.495 e. The number of hydrogen-bond acceptors (Lipinski definition) is 3. The van der Waals surface area contributed by atoms with Gasteiger partial charge in [-0.15, -0.1) is 0 Å². The van der Waals surface area contributed by atoms with Gasteiger partial charge in [0.25, 0.3) is 0 Å². The molecule has 1 saturated heterocycles. The number of nitrogens with zero attached hydrogens (tertiary/aromatic N) is 1. The van der Waals surface area contributed by atoms with Gasteiger partial charge in [-0.05, 0) is 37.3 Å². The van der Waals surface area contributed by atoms with E-state index in [2.05, 4.69) is 11.0 Å². The number of aryl methyl sites for hydroxylation is 1. The third-order valence-electron chi connectivity index (χ3n) is 3.62. The Hall–Kier alpha value is -0.930. The molecule has 18 heavy (non-hydrogen) atoms. The molecule has 1 aliphatic rings. The van der Waals surface area contributed by atoms with E-state index in [-0.39, 0.29) is 6.61 Å². The first-order chi connectivity index (χ1) is 8.65. The smallest absolute Gasteiger partial charge is 0.143 e. The van der Waals surface area contributed by atoms with Gasteiger partial charge in [0.05, 0.1) is 12.8 Å². The maximum absolute atomic E-state index is 9.00. The van der Waals surface area contributed by atoms with Crippen molar-refractivity contribution in [2.24, 2.45) is 5.92 Å². The van der Waals surface area contributed by atoms with Gasteiger partial charge in [0.2, 0.25) is 0 Å². The summed E-state index contributed by atoms with van der Waals surface area (Å²) in [5, 5.41) is 9.74. The molecular formula is C14H20ClNO2. The Morgan fingerprint density at radius 2 is 2.28 bits per heavy atom. The molecule has 0 amide bonds. The molecule has 4 heteroatoms. The second kappa shape index (κ2) is 5.81. The Balaban J connectivity index is 2.20. The molecule has 1 atom stereocenters. The summed E-state index contributed by atoms with van der Waals surface area (Å²) in [4.78, 5) is 2.32. The van der Waals surface area contributed by atoms with Crippen molar-refractivity contribution >= 4 is 17.3 Å². The molecule has 3 nitrogen and oxygen atoms in total. The monoisotopic (exact) mass is 269 g/mol. The predicted octanol–water partition coefficient (Wildman–Crippen LogP) is 2.87. The molecule has 0 radical (unpaired) electrons. The van der Waals surface area contributed by atoms with Crippen LogP contribution in [0, 0.1) is 12.8 Å². The summed E-state index contributed by atoms with van der Waals surface area (Å²) in [6.45, 7) is 4.28. The van der Waals surface area contributed by atoms with E-state index in [0.717, 1.165) is 48.0 Å². The fourth-order valence-corrected chi connectivity index (χ4v) is 2.68. The van der Waals surface area contributed by atoms with Crippen LogP contribution in [0.4, 0.5) is 5.69 Å². The number of benzene rings is 1. The maximum Gasteiger partial charge on any atom is 0.143 e. The van der Waals surface area contributed by atoms with Gasteiger partial charge in [-0.3, -0.25) is 0 Å². The van der Waals surface area contributed by atoms with Crippen LogP contribution in [0.5, 0.6) is 5.75 Å². The second-order valence-electron chi connectivity index (χ2n) is 4.89. The summed E-state index contributed by atoms with van der Waals surface area (Å²) in [6.07, 6.45) is 2.01. The number of aliphatic hydroxyl groups is 1. The molecule has 1 fully saturated rings. The number of anilines is 1. The van der Waals surface area contributed by atoms with Gasteiger partial charge < -0.3 is 14.7 Å². The molecule has 0 bridgehead atoms. The average Bonchev–Trinajstić information content (AvgIpc) is 2.81. The number of hydrogen-bond donors (Lipinski definition) is 1. The van der Waals surface area contributed by atoms with Crippen LogP contribution in [-0.2, 0) is 0 Å². The van der Waals surface area contributed by atoms with Gasteiger partial charge in [-0.1, -0.05) is 11.6 Å². The minimum atomic E-state index is 0.273. The SMILES string of the molecule is COc1cc(Cl)c(C)cc1N1CCC(CCO)C1. The standard InChI is InChI=1S/C14H20ClNO2/c1-10-7-13(14(18-2)8-12(10)15)16-5-3-11(9-16)4-6-17/h7-8,11,17H,3-6,9H2,1-2H3. The van der Waals surface area contributed by atoms with E-state index >= 15 is 0 Å². The predicted molar refractivity (Wildman–Crippen MR) is 74.8 cm³/mol. The summed E-state index contributed by atoms with van der Waals surface area (Å²) < 4.78 is 5.41. The van der Waals surface area contributed by atoms with Crippen molar-refractivity contribution in [3.8, 4) is 5.75 Å². The summed E-state index contributed by atoms with van der Waals surface area (Å²) in [5.41, 5.74) is 2.18. The van der Waals surface area contributed by atoms with Crippen molar-refractivity contribution in [1.29, 1.82) is 0 Å². The molecule has 1 aliphatic heterocycles. The van der Waals surface area contributed by atoms with Crippen LogP contribution in [0.15, 0.2) is 12.1 Å². The van der Waals surface area contributed by atoms with Crippen molar-refractivity contribution < 1.29 is 9.84 Å². The van der Waals surface area contributed by atoms with Crippen molar-refractivity contribution in [3.05, 3.63) is 22.7 Å². The first-order valence-electron chi connectivity index (χ1n) is 6.35. The summed E-state index contributed by atoms with van der Waals surface area (Å²) in [5.74, 6) is 1.41. The van der Waals surface area contributed by atoms with Crippen LogP contribution in [0.25, 0.3) is 0 Å². The van der Waals surface area contributed by atoms with E-state index in [1.165, 1.54) is 0 Å². The Labute approximate surface area is 113 Å². The zero-order chi connectivity index (χ0) is 13.1. The van der Waals surface area contributed by atoms with Gasteiger partial charge in [0, 0.05) is 30.8 Å². The van der Waals surface area contributed by atoms with Gasteiger partial charge in [-0.25, -0.2) is 0 Å². The molecule has 100 valence electrons. The Morgan fingerprint density at radius 1 is 1.50 bits per heavy atom. The number of rotatable bonds is 4. The van der Waals surface area contributed by atoms with Crippen molar-refractivity contribution in [1.82, 2.24) is 0 Å². The van der Waals surface area contributed by atoms with Crippen LogP contribution in [-0.4, -0.2) is 31.9 Å². The Bertz CT molecular complexity index is 423. The quantitative estimate of drug-likeness (QED) is 0.912. The van der Waals surface area contributed by atoms with Crippen molar-refractivity contribution in [2.45, 2.75) is 19.8 Å². The van der Waals surface area contributed by atoms with Crippen LogP contribution >= 0.6 is 11.6 Å². The van der Waals surface area contributed by atoms with Crippen LogP contribution in [0.1, 0.15) is 18.4 Å². The van der Waals surface area contributed by atoms with E-state index in [0.29, 0.717) is 5.92 Å². The highest BCUT2D eigenvalue weighted by molar-refractivity contribution is 6.31. The zero-order valence-electron chi connectivity index (χ0n) is 10.9. The van der Waals surface area contributed by atoms with Gasteiger partial charge >= 0.3 is 0 Å². The zero-order valence-corrected chi connectivity index (χ0v) is 11.7. The van der Waals surface area contributed by atoms with Crippen molar-refractivity contribution in [3.63, 3.8) is 0 Å². The second-order valence-corrected chi connectivity index (χ2v) is 5.29. The average molecular weight is 270 g/mol. The molecule has 1 aromatic carbocycles. The highest BCUT2D eigenvalue weighted by Gasteiger charge is 2.24. The maximum atomic E-state index is 9.00. The number of ether oxygens (including phenoxy) is 1. The van der Waals surface area contributed by atoms with Crippen molar-refractivity contribution in [2.75, 3.05) is 31.7 Å². The van der Waals surface area contributed by atoms with E-state index in [4.69, 9.17) is 21.4 Å². The lowest BCUT2D eigenvalue weighted by Crippen LogP contribution is -2.20. The van der Waals surface area contributed by atoms with Gasteiger partial charge in [0.1, 0.15) is 5.75 Å². The topological polar surface area (TPSA) is 32.7 Å². The van der Waals surface area contributed by atoms with E-state index in [9.17, 15) is 0 Å². The molecule has 0 aliphatic carbocycles. The van der Waals surface area contributed by atoms with Gasteiger partial charge in [0.15, 0.2) is 0 Å². The molecule has 1 N–H and O–H groups in total. The number of halogens is 1. The fraction of sp³-hybridized carbons (Fsp3) is 0.571. The molecule has 2 rings (SSSR count). The fourth-order valence-electron chi connectivity index (χ4n) is 2.53. The molecule has 1 aromatic rings.